The molecule has 2 atom stereocenters. The number of nitrogens with one attached hydrogen (secondary N) is 3. The highest BCUT2D eigenvalue weighted by Crippen LogP contribution is 2.25. The zero-order valence-electron chi connectivity index (χ0n) is 22.0. The Hall–Kier alpha value is -4.15. The van der Waals surface area contributed by atoms with Crippen LogP contribution in [0.1, 0.15) is 25.0 Å². The van der Waals surface area contributed by atoms with E-state index in [-0.39, 0.29) is 12.2 Å². The number of H-pyrrole nitrogens is 1. The third kappa shape index (κ3) is 6.13. The zero-order valence-corrected chi connectivity index (χ0v) is 22.8. The van der Waals surface area contributed by atoms with E-state index < -0.39 is 20.8 Å². The van der Waals surface area contributed by atoms with Crippen LogP contribution in [0.2, 0.25) is 0 Å². The molecule has 10 heteroatoms. The minimum absolute atomic E-state index is 0.0818. The van der Waals surface area contributed by atoms with Gasteiger partial charge in [-0.25, -0.2) is 13.4 Å². The molecule has 1 saturated heterocycles. The molecule has 9 nitrogen and oxygen atoms in total. The number of amides is 1. The number of aromatic amines is 1. The van der Waals surface area contributed by atoms with Crippen LogP contribution >= 0.6 is 0 Å². The predicted molar refractivity (Wildman–Crippen MR) is 155 cm³/mol. The van der Waals surface area contributed by atoms with Crippen molar-refractivity contribution in [1.29, 1.82) is 0 Å². The summed E-state index contributed by atoms with van der Waals surface area (Å²) in [5.41, 5.74) is 3.14. The molecule has 0 bridgehead atoms. The molecule has 1 aliphatic heterocycles. The Morgan fingerprint density at radius 2 is 1.72 bits per heavy atom. The number of aryl methyl sites for hydroxylation is 1. The lowest BCUT2D eigenvalue weighted by Gasteiger charge is -2.36. The minimum Gasteiger partial charge on any atom is -0.372 e. The SMILES string of the molecule is Cc1ccc(NS(=O)(=O)/C(=C/c2c[nH]c3ccccc23)C(=O)Nc2ccc(N3C[C@@H](C)O[C@@H](C)C3)nc2)cc1. The molecule has 39 heavy (non-hydrogen) atoms. The highest BCUT2D eigenvalue weighted by Gasteiger charge is 2.27. The maximum Gasteiger partial charge on any atom is 0.269 e. The quantitative estimate of drug-likeness (QED) is 0.284. The van der Waals surface area contributed by atoms with Gasteiger partial charge in [0.2, 0.25) is 0 Å². The van der Waals surface area contributed by atoms with E-state index >= 15 is 0 Å². The van der Waals surface area contributed by atoms with Crippen molar-refractivity contribution >= 4 is 50.1 Å². The maximum atomic E-state index is 13.5. The number of carbonyl (C=O) groups is 1. The summed E-state index contributed by atoms with van der Waals surface area (Å²) in [5.74, 6) is -0.0127. The summed E-state index contributed by atoms with van der Waals surface area (Å²) < 4.78 is 35.4. The molecule has 0 aliphatic carbocycles. The van der Waals surface area contributed by atoms with Crippen LogP contribution in [0.25, 0.3) is 17.0 Å². The first-order valence-corrected chi connectivity index (χ1v) is 14.2. The largest absolute Gasteiger partial charge is 0.372 e. The second kappa shape index (κ2) is 10.9. The van der Waals surface area contributed by atoms with Crippen molar-refractivity contribution in [2.24, 2.45) is 0 Å². The highest BCUT2D eigenvalue weighted by atomic mass is 32.2. The van der Waals surface area contributed by atoms with Gasteiger partial charge in [0.1, 0.15) is 5.82 Å². The van der Waals surface area contributed by atoms with Crippen LogP contribution in [0.5, 0.6) is 0 Å². The summed E-state index contributed by atoms with van der Waals surface area (Å²) in [5, 5.41) is 3.51. The topological polar surface area (TPSA) is 116 Å². The molecule has 1 fully saturated rings. The van der Waals surface area contributed by atoms with Gasteiger partial charge in [-0.2, -0.15) is 0 Å². The van der Waals surface area contributed by atoms with Crippen LogP contribution in [0.3, 0.4) is 0 Å². The summed E-state index contributed by atoms with van der Waals surface area (Å²) >= 11 is 0. The number of carbonyl (C=O) groups excluding carboxylic acids is 1. The van der Waals surface area contributed by atoms with Gasteiger partial charge in [0.05, 0.1) is 24.1 Å². The zero-order chi connectivity index (χ0) is 27.6. The van der Waals surface area contributed by atoms with Gasteiger partial charge < -0.3 is 19.9 Å². The monoisotopic (exact) mass is 545 g/mol. The summed E-state index contributed by atoms with van der Waals surface area (Å²) in [4.78, 5) is 22.8. The molecular formula is C29H31N5O4S. The van der Waals surface area contributed by atoms with Gasteiger partial charge in [-0.3, -0.25) is 9.52 Å². The Bertz CT molecular complexity index is 1600. The van der Waals surface area contributed by atoms with E-state index in [1.165, 1.54) is 12.3 Å². The van der Waals surface area contributed by atoms with Crippen molar-refractivity contribution in [3.63, 3.8) is 0 Å². The fourth-order valence-electron chi connectivity index (χ4n) is 4.66. The number of ether oxygens (including phenoxy) is 1. The molecule has 0 spiro atoms. The first kappa shape index (κ1) is 26.5. The number of rotatable bonds is 7. The van der Waals surface area contributed by atoms with Gasteiger partial charge in [0.25, 0.3) is 15.9 Å². The maximum absolute atomic E-state index is 13.5. The fourth-order valence-corrected chi connectivity index (χ4v) is 5.79. The normalized spacial score (nSPS) is 18.2. The molecule has 4 aromatic rings. The lowest BCUT2D eigenvalue weighted by atomic mass is 10.1. The van der Waals surface area contributed by atoms with Crippen molar-refractivity contribution in [3.05, 3.63) is 89.1 Å². The number of hydrogen-bond donors (Lipinski definition) is 3. The lowest BCUT2D eigenvalue weighted by Crippen LogP contribution is -2.45. The molecule has 0 unspecified atom stereocenters. The molecule has 2 aromatic carbocycles. The van der Waals surface area contributed by atoms with Gasteiger partial charge in [0.15, 0.2) is 4.91 Å². The number of hydrogen-bond acceptors (Lipinski definition) is 6. The Morgan fingerprint density at radius 1 is 1.03 bits per heavy atom. The average Bonchev–Trinajstić information content (AvgIpc) is 3.31. The fraction of sp³-hybridized carbons (Fsp3) is 0.241. The molecule has 5 rings (SSSR count). The number of benzene rings is 2. The predicted octanol–water partition coefficient (Wildman–Crippen LogP) is 4.91. The van der Waals surface area contributed by atoms with Gasteiger partial charge in [-0.1, -0.05) is 35.9 Å². The van der Waals surface area contributed by atoms with E-state index in [1.54, 1.807) is 36.5 Å². The number of sulfonamides is 1. The van der Waals surface area contributed by atoms with E-state index in [0.717, 1.165) is 22.3 Å². The van der Waals surface area contributed by atoms with Crippen LogP contribution in [0, 0.1) is 6.92 Å². The van der Waals surface area contributed by atoms with Crippen molar-refractivity contribution < 1.29 is 17.9 Å². The van der Waals surface area contributed by atoms with E-state index in [0.29, 0.717) is 30.0 Å². The Balaban J connectivity index is 1.43. The smallest absolute Gasteiger partial charge is 0.269 e. The number of aromatic nitrogens is 2. The van der Waals surface area contributed by atoms with Crippen molar-refractivity contribution in [3.8, 4) is 0 Å². The number of nitrogens with zero attached hydrogens (tertiary/aromatic N) is 2. The van der Waals surface area contributed by atoms with Gasteiger partial charge in [0, 0.05) is 41.4 Å². The minimum atomic E-state index is -4.25. The summed E-state index contributed by atoms with van der Waals surface area (Å²) in [6.07, 6.45) is 4.75. The molecule has 0 saturated carbocycles. The molecular weight excluding hydrogens is 514 g/mol. The molecule has 2 aromatic heterocycles. The number of anilines is 3. The second-order valence-corrected chi connectivity index (χ2v) is 11.4. The number of pyridine rings is 1. The molecule has 0 radical (unpaired) electrons. The second-order valence-electron chi connectivity index (χ2n) is 9.79. The molecule has 1 aliphatic rings. The Kier molecular flexibility index (Phi) is 7.40. The molecule has 202 valence electrons. The van der Waals surface area contributed by atoms with Crippen molar-refractivity contribution in [2.75, 3.05) is 28.0 Å². The van der Waals surface area contributed by atoms with Crippen LogP contribution in [-0.4, -0.2) is 49.6 Å². The van der Waals surface area contributed by atoms with Crippen molar-refractivity contribution in [2.45, 2.75) is 33.0 Å². The number of fused-ring (bicyclic) bond motifs is 1. The van der Waals surface area contributed by atoms with E-state index in [4.69, 9.17) is 4.74 Å². The van der Waals surface area contributed by atoms with Gasteiger partial charge in [-0.15, -0.1) is 0 Å². The Labute approximate surface area is 228 Å². The molecule has 3 N–H and O–H groups in total. The third-order valence-electron chi connectivity index (χ3n) is 6.47. The Morgan fingerprint density at radius 3 is 2.41 bits per heavy atom. The molecule has 3 heterocycles. The van der Waals surface area contributed by atoms with Crippen molar-refractivity contribution in [1.82, 2.24) is 9.97 Å². The van der Waals surface area contributed by atoms with E-state index in [9.17, 15) is 13.2 Å². The van der Waals surface area contributed by atoms with Crippen LogP contribution in [0.4, 0.5) is 17.2 Å². The average molecular weight is 546 g/mol. The van der Waals surface area contributed by atoms with Crippen LogP contribution in [0.15, 0.2) is 78.0 Å². The van der Waals surface area contributed by atoms with Crippen LogP contribution in [-0.2, 0) is 19.6 Å². The van der Waals surface area contributed by atoms with Gasteiger partial charge in [-0.05, 0) is 57.2 Å². The number of morpholine rings is 1. The summed E-state index contributed by atoms with van der Waals surface area (Å²) in [7, 11) is -4.25. The first-order valence-electron chi connectivity index (χ1n) is 12.7. The van der Waals surface area contributed by atoms with E-state index in [1.807, 2.05) is 51.1 Å². The molecule has 1 amide bonds. The lowest BCUT2D eigenvalue weighted by molar-refractivity contribution is -0.112. The van der Waals surface area contributed by atoms with E-state index in [2.05, 4.69) is 24.9 Å². The first-order chi connectivity index (χ1) is 18.7. The van der Waals surface area contributed by atoms with Gasteiger partial charge >= 0.3 is 0 Å². The number of para-hydroxylation sites is 1. The summed E-state index contributed by atoms with van der Waals surface area (Å²) in [6.45, 7) is 7.37. The highest BCUT2D eigenvalue weighted by molar-refractivity contribution is 7.97. The third-order valence-corrected chi connectivity index (χ3v) is 7.86. The standard InChI is InChI=1S/C29H31N5O4S/c1-19-8-10-23(11-9-19)33-39(36,37)27(14-22-15-30-26-7-5-4-6-25(22)26)29(35)32-24-12-13-28(31-16-24)34-17-20(2)38-21(3)18-34/h4-16,20-21,30,33H,17-18H2,1-3H3,(H,32,35)/b27-14+/t20-,21+. The summed E-state index contributed by atoms with van der Waals surface area (Å²) in [6, 6.07) is 17.9. The van der Waals surface area contributed by atoms with Crippen LogP contribution < -0.4 is 14.9 Å².